The summed E-state index contributed by atoms with van der Waals surface area (Å²) in [5, 5.41) is 0.648. The Hall–Kier alpha value is -3.26. The molecule has 9 heteroatoms. The third-order valence-corrected chi connectivity index (χ3v) is 7.73. The molecular formula is C28H22Cl2N2O4S. The largest absolute Gasteiger partial charge is 0.489 e. The van der Waals surface area contributed by atoms with Crippen LogP contribution in [-0.2, 0) is 29.2 Å². The quantitative estimate of drug-likeness (QED) is 0.341. The minimum absolute atomic E-state index is 0.236. The number of carbonyl (C=O) groups is 3. The van der Waals surface area contributed by atoms with Crippen LogP contribution in [0.25, 0.3) is 6.08 Å². The maximum absolute atomic E-state index is 12.9. The highest BCUT2D eigenvalue weighted by atomic mass is 35.5. The van der Waals surface area contributed by atoms with Crippen molar-refractivity contribution in [2.24, 2.45) is 0 Å². The number of rotatable bonds is 6. The number of imide groups is 1. The van der Waals surface area contributed by atoms with Crippen LogP contribution in [0.5, 0.6) is 5.75 Å². The normalized spacial score (nSPS) is 16.3. The molecule has 2 heterocycles. The summed E-state index contributed by atoms with van der Waals surface area (Å²) in [4.78, 5) is 41.3. The van der Waals surface area contributed by atoms with Crippen LogP contribution < -0.4 is 4.74 Å². The number of halogens is 2. The summed E-state index contributed by atoms with van der Waals surface area (Å²) in [7, 11) is 0. The fourth-order valence-corrected chi connectivity index (χ4v) is 5.49. The van der Waals surface area contributed by atoms with E-state index in [-0.39, 0.29) is 24.0 Å². The van der Waals surface area contributed by atoms with Crippen molar-refractivity contribution in [3.63, 3.8) is 0 Å². The van der Waals surface area contributed by atoms with Gasteiger partial charge >= 0.3 is 0 Å². The van der Waals surface area contributed by atoms with Gasteiger partial charge in [-0.25, -0.2) is 0 Å². The van der Waals surface area contributed by atoms with Gasteiger partial charge < -0.3 is 9.64 Å². The van der Waals surface area contributed by atoms with Gasteiger partial charge in [0.1, 0.15) is 18.9 Å². The lowest BCUT2D eigenvalue weighted by atomic mass is 10.00. The predicted molar refractivity (Wildman–Crippen MR) is 145 cm³/mol. The molecule has 5 rings (SSSR count). The molecule has 0 N–H and O–H groups in total. The lowest BCUT2D eigenvalue weighted by Gasteiger charge is -2.29. The molecule has 2 aliphatic heterocycles. The Bertz CT molecular complexity index is 1410. The van der Waals surface area contributed by atoms with E-state index in [4.69, 9.17) is 27.9 Å². The van der Waals surface area contributed by atoms with Crippen molar-refractivity contribution in [3.05, 3.63) is 104 Å². The molecule has 37 heavy (non-hydrogen) atoms. The predicted octanol–water partition coefficient (Wildman–Crippen LogP) is 6.19. The zero-order valence-corrected chi connectivity index (χ0v) is 22.0. The molecule has 3 aromatic rings. The Kier molecular flexibility index (Phi) is 7.55. The van der Waals surface area contributed by atoms with Gasteiger partial charge in [-0.3, -0.25) is 19.3 Å². The van der Waals surface area contributed by atoms with Crippen molar-refractivity contribution in [2.75, 3.05) is 13.1 Å². The first kappa shape index (κ1) is 25.4. The first-order valence-corrected chi connectivity index (χ1v) is 13.2. The average Bonchev–Trinajstić information content (AvgIpc) is 3.16. The highest BCUT2D eigenvalue weighted by molar-refractivity contribution is 8.18. The van der Waals surface area contributed by atoms with Crippen molar-refractivity contribution in [1.82, 2.24) is 9.80 Å². The minimum atomic E-state index is -0.460. The second-order valence-electron chi connectivity index (χ2n) is 8.70. The van der Waals surface area contributed by atoms with E-state index in [1.54, 1.807) is 47.4 Å². The molecule has 2 aliphatic rings. The highest BCUT2D eigenvalue weighted by Crippen LogP contribution is 2.33. The molecule has 3 aromatic carbocycles. The van der Waals surface area contributed by atoms with Gasteiger partial charge in [0.25, 0.3) is 11.1 Å². The van der Waals surface area contributed by atoms with E-state index in [9.17, 15) is 14.4 Å². The Labute approximate surface area is 228 Å². The summed E-state index contributed by atoms with van der Waals surface area (Å²) in [6.45, 7) is 1.08. The first-order chi connectivity index (χ1) is 17.9. The van der Waals surface area contributed by atoms with Crippen LogP contribution in [-0.4, -0.2) is 39.9 Å². The number of ether oxygens (including phenoxy) is 1. The van der Waals surface area contributed by atoms with E-state index >= 15 is 0 Å². The molecule has 0 bridgehead atoms. The number of hydrogen-bond donors (Lipinski definition) is 0. The Morgan fingerprint density at radius 1 is 1.00 bits per heavy atom. The first-order valence-electron chi connectivity index (χ1n) is 11.6. The molecule has 3 amide bonds. The number of hydrogen-bond acceptors (Lipinski definition) is 5. The molecule has 0 saturated carbocycles. The summed E-state index contributed by atoms with van der Waals surface area (Å²) >= 11 is 13.0. The van der Waals surface area contributed by atoms with Gasteiger partial charge in [-0.05, 0) is 65.2 Å². The fourth-order valence-electron chi connectivity index (χ4n) is 4.19. The molecule has 0 atom stereocenters. The Morgan fingerprint density at radius 3 is 2.51 bits per heavy atom. The van der Waals surface area contributed by atoms with Crippen molar-refractivity contribution in [3.8, 4) is 5.75 Å². The van der Waals surface area contributed by atoms with Crippen molar-refractivity contribution in [1.29, 1.82) is 0 Å². The van der Waals surface area contributed by atoms with Gasteiger partial charge in [-0.2, -0.15) is 0 Å². The van der Waals surface area contributed by atoms with Crippen molar-refractivity contribution >= 4 is 58.1 Å². The monoisotopic (exact) mass is 552 g/mol. The van der Waals surface area contributed by atoms with Crippen LogP contribution in [0.3, 0.4) is 0 Å². The van der Waals surface area contributed by atoms with Crippen LogP contribution in [0, 0.1) is 0 Å². The second-order valence-corrected chi connectivity index (χ2v) is 10.5. The van der Waals surface area contributed by atoms with Gasteiger partial charge in [0.15, 0.2) is 0 Å². The number of amides is 3. The van der Waals surface area contributed by atoms with E-state index < -0.39 is 11.1 Å². The molecule has 6 nitrogen and oxygen atoms in total. The maximum atomic E-state index is 12.9. The number of fused-ring (bicyclic) bond motifs is 1. The van der Waals surface area contributed by atoms with Gasteiger partial charge in [0, 0.05) is 28.7 Å². The standard InChI is InChI=1S/C28H22Cl2N2O4S/c29-22-8-7-21(24(30)14-22)17-36-23-9-5-18(6-10-23)13-25-27(34)32(28(35)37-25)16-26(33)31-12-11-19-3-1-2-4-20(19)15-31/h1-10,13-14H,11-12,15-17H2/b25-13+. The molecule has 0 aromatic heterocycles. The summed E-state index contributed by atoms with van der Waals surface area (Å²) in [6, 6.07) is 20.4. The van der Waals surface area contributed by atoms with E-state index in [1.165, 1.54) is 5.56 Å². The molecule has 0 spiro atoms. The van der Waals surface area contributed by atoms with Crippen LogP contribution >= 0.6 is 35.0 Å². The molecule has 1 fully saturated rings. The van der Waals surface area contributed by atoms with E-state index in [0.29, 0.717) is 28.9 Å². The Balaban J connectivity index is 1.19. The summed E-state index contributed by atoms with van der Waals surface area (Å²) < 4.78 is 5.79. The lowest BCUT2D eigenvalue weighted by Crippen LogP contribution is -2.44. The third kappa shape index (κ3) is 5.85. The third-order valence-electron chi connectivity index (χ3n) is 6.24. The van der Waals surface area contributed by atoms with Gasteiger partial charge in [-0.15, -0.1) is 0 Å². The summed E-state index contributed by atoms with van der Waals surface area (Å²) in [5.74, 6) is -0.0659. The molecule has 1 saturated heterocycles. The molecular weight excluding hydrogens is 531 g/mol. The maximum Gasteiger partial charge on any atom is 0.294 e. The topological polar surface area (TPSA) is 66.9 Å². The van der Waals surface area contributed by atoms with Crippen LogP contribution in [0.15, 0.2) is 71.6 Å². The summed E-state index contributed by atoms with van der Waals surface area (Å²) in [6.07, 6.45) is 2.41. The van der Waals surface area contributed by atoms with E-state index in [2.05, 4.69) is 6.07 Å². The smallest absolute Gasteiger partial charge is 0.294 e. The zero-order chi connectivity index (χ0) is 25.9. The molecule has 188 valence electrons. The number of thioether (sulfide) groups is 1. The van der Waals surface area contributed by atoms with Crippen LogP contribution in [0.2, 0.25) is 10.0 Å². The van der Waals surface area contributed by atoms with E-state index in [0.717, 1.165) is 39.8 Å². The number of carbonyl (C=O) groups excluding carboxylic acids is 3. The second kappa shape index (κ2) is 11.0. The van der Waals surface area contributed by atoms with Crippen molar-refractivity contribution in [2.45, 2.75) is 19.6 Å². The minimum Gasteiger partial charge on any atom is -0.489 e. The number of nitrogens with zero attached hydrogens (tertiary/aromatic N) is 2. The van der Waals surface area contributed by atoms with Crippen molar-refractivity contribution < 1.29 is 19.1 Å². The average molecular weight is 553 g/mol. The lowest BCUT2D eigenvalue weighted by molar-refractivity contribution is -0.136. The molecule has 0 aliphatic carbocycles. The fraction of sp³-hybridized carbons (Fsp3) is 0.179. The van der Waals surface area contributed by atoms with Gasteiger partial charge in [0.05, 0.1) is 4.91 Å². The molecule has 0 radical (unpaired) electrons. The summed E-state index contributed by atoms with van der Waals surface area (Å²) in [5.41, 5.74) is 3.87. The number of benzene rings is 3. The van der Waals surface area contributed by atoms with E-state index in [1.807, 2.05) is 24.3 Å². The molecule has 0 unspecified atom stereocenters. The zero-order valence-electron chi connectivity index (χ0n) is 19.7. The van der Waals surface area contributed by atoms with Crippen LogP contribution in [0.4, 0.5) is 4.79 Å². The highest BCUT2D eigenvalue weighted by Gasteiger charge is 2.37. The SMILES string of the molecule is O=C(CN1C(=O)S/C(=C/c2ccc(OCc3ccc(Cl)cc3Cl)cc2)C1=O)N1CCc2ccccc2C1. The van der Waals surface area contributed by atoms with Crippen LogP contribution in [0.1, 0.15) is 22.3 Å². The van der Waals surface area contributed by atoms with Gasteiger partial charge in [0.2, 0.25) is 5.91 Å². The Morgan fingerprint density at radius 2 is 1.76 bits per heavy atom. The van der Waals surface area contributed by atoms with Gasteiger partial charge in [-0.1, -0.05) is 65.7 Å².